The van der Waals surface area contributed by atoms with Gasteiger partial charge in [0.05, 0.1) is 18.3 Å². The molecule has 4 heteroatoms. The van der Waals surface area contributed by atoms with E-state index in [-0.39, 0.29) is 6.10 Å². The van der Waals surface area contributed by atoms with Gasteiger partial charge in [-0.1, -0.05) is 56.1 Å². The second-order valence-corrected chi connectivity index (χ2v) is 8.34. The highest BCUT2D eigenvalue weighted by atomic mass is 16.5. The average Bonchev–Trinajstić information content (AvgIpc) is 3.13. The highest BCUT2D eigenvalue weighted by Crippen LogP contribution is 2.46. The Balaban J connectivity index is 1.52. The Morgan fingerprint density at radius 2 is 1.74 bits per heavy atom. The monoisotopic (exact) mass is 374 g/mol. The van der Waals surface area contributed by atoms with Crippen molar-refractivity contribution in [2.75, 3.05) is 0 Å². The average molecular weight is 375 g/mol. The van der Waals surface area contributed by atoms with Crippen LogP contribution in [0.1, 0.15) is 64.2 Å². The molecule has 27 heavy (non-hydrogen) atoms. The number of carboxylic acids is 1. The SMILES string of the molecule is O=C(O)C=CCC=CC[C@H]1[C@@H](C=CC(O)C2CCCCCC2)[C@H]2CC[C@@H]1O2. The lowest BCUT2D eigenvalue weighted by atomic mass is 9.77. The zero-order valence-corrected chi connectivity index (χ0v) is 16.2. The van der Waals surface area contributed by atoms with Gasteiger partial charge in [0.1, 0.15) is 0 Å². The number of carbonyl (C=O) groups is 1. The van der Waals surface area contributed by atoms with Gasteiger partial charge in [0.2, 0.25) is 0 Å². The molecule has 0 radical (unpaired) electrons. The highest BCUT2D eigenvalue weighted by molar-refractivity contribution is 5.79. The Bertz CT molecular complexity index is 557. The first kappa shape index (κ1) is 20.3. The molecule has 0 amide bonds. The van der Waals surface area contributed by atoms with E-state index >= 15 is 0 Å². The molecule has 2 heterocycles. The van der Waals surface area contributed by atoms with Crippen molar-refractivity contribution < 1.29 is 19.7 Å². The van der Waals surface area contributed by atoms with Gasteiger partial charge in [-0.25, -0.2) is 4.79 Å². The number of fused-ring (bicyclic) bond motifs is 2. The van der Waals surface area contributed by atoms with Gasteiger partial charge in [0.25, 0.3) is 0 Å². The van der Waals surface area contributed by atoms with Crippen molar-refractivity contribution in [1.82, 2.24) is 0 Å². The highest BCUT2D eigenvalue weighted by Gasteiger charge is 2.46. The third-order valence-corrected chi connectivity index (χ3v) is 6.51. The zero-order valence-electron chi connectivity index (χ0n) is 16.2. The van der Waals surface area contributed by atoms with Crippen molar-refractivity contribution in [1.29, 1.82) is 0 Å². The number of aliphatic carboxylic acids is 1. The standard InChI is InChI=1S/C23H34O4/c24-20(17-9-5-1-2-6-10-17)14-13-19-18(21-15-16-22(19)27-21)11-7-3-4-8-12-23(25)26/h3,7-8,12-14,17-22,24H,1-2,4-6,9-11,15-16H2,(H,25,26)/t18-,19+,20?,21-,22+/m0/s1. The van der Waals surface area contributed by atoms with Gasteiger partial charge >= 0.3 is 5.97 Å². The molecule has 0 spiro atoms. The number of hydrogen-bond acceptors (Lipinski definition) is 3. The van der Waals surface area contributed by atoms with E-state index < -0.39 is 5.97 Å². The summed E-state index contributed by atoms with van der Waals surface area (Å²) in [5.74, 6) is 0.384. The third-order valence-electron chi connectivity index (χ3n) is 6.51. The summed E-state index contributed by atoms with van der Waals surface area (Å²) in [5, 5.41) is 19.2. The Labute approximate surface area is 163 Å². The molecule has 0 aromatic heterocycles. The lowest BCUT2D eigenvalue weighted by Crippen LogP contribution is -2.26. The van der Waals surface area contributed by atoms with E-state index in [0.29, 0.717) is 36.4 Å². The van der Waals surface area contributed by atoms with Gasteiger partial charge < -0.3 is 14.9 Å². The minimum Gasteiger partial charge on any atom is -0.478 e. The summed E-state index contributed by atoms with van der Waals surface area (Å²) < 4.78 is 6.15. The van der Waals surface area contributed by atoms with Crippen molar-refractivity contribution in [2.45, 2.75) is 82.5 Å². The van der Waals surface area contributed by atoms with E-state index in [4.69, 9.17) is 9.84 Å². The molecule has 1 saturated carbocycles. The molecule has 3 rings (SSSR count). The van der Waals surface area contributed by atoms with Gasteiger partial charge in [-0.2, -0.15) is 0 Å². The zero-order chi connectivity index (χ0) is 19.1. The first-order chi connectivity index (χ1) is 13.1. The molecule has 4 nitrogen and oxygen atoms in total. The van der Waals surface area contributed by atoms with Crippen molar-refractivity contribution in [3.05, 3.63) is 36.5 Å². The summed E-state index contributed by atoms with van der Waals surface area (Å²) in [6.45, 7) is 0. The fraction of sp³-hybridized carbons (Fsp3) is 0.696. The van der Waals surface area contributed by atoms with Crippen LogP contribution in [0, 0.1) is 17.8 Å². The lowest BCUT2D eigenvalue weighted by Gasteiger charge is -2.25. The molecule has 0 aromatic carbocycles. The Kier molecular flexibility index (Phi) is 7.71. The number of rotatable bonds is 8. The van der Waals surface area contributed by atoms with E-state index in [1.54, 1.807) is 6.08 Å². The molecule has 3 aliphatic rings. The topological polar surface area (TPSA) is 66.8 Å². The number of aliphatic hydroxyl groups is 1. The molecule has 1 aliphatic carbocycles. The normalized spacial score (nSPS) is 33.4. The molecule has 5 atom stereocenters. The number of allylic oxidation sites excluding steroid dienone is 3. The van der Waals surface area contributed by atoms with Crippen molar-refractivity contribution in [3.8, 4) is 0 Å². The number of aliphatic hydroxyl groups excluding tert-OH is 1. The fourth-order valence-electron chi connectivity index (χ4n) is 5.04. The maximum absolute atomic E-state index is 10.6. The summed E-state index contributed by atoms with van der Waals surface area (Å²) in [7, 11) is 0. The van der Waals surface area contributed by atoms with Crippen LogP contribution < -0.4 is 0 Å². The predicted molar refractivity (Wildman–Crippen MR) is 106 cm³/mol. The van der Waals surface area contributed by atoms with Crippen LogP contribution in [0.3, 0.4) is 0 Å². The Morgan fingerprint density at radius 1 is 1.00 bits per heavy atom. The largest absolute Gasteiger partial charge is 0.478 e. The van der Waals surface area contributed by atoms with Gasteiger partial charge in [-0.3, -0.25) is 0 Å². The van der Waals surface area contributed by atoms with E-state index in [2.05, 4.69) is 18.2 Å². The van der Waals surface area contributed by atoms with Crippen LogP contribution in [-0.2, 0) is 9.53 Å². The molecule has 3 fully saturated rings. The van der Waals surface area contributed by atoms with Crippen molar-refractivity contribution >= 4 is 5.97 Å². The van der Waals surface area contributed by atoms with Gasteiger partial charge in [-0.05, 0) is 50.4 Å². The number of carboxylic acid groups (broad SMARTS) is 1. The minimum atomic E-state index is -0.901. The minimum absolute atomic E-state index is 0.304. The van der Waals surface area contributed by atoms with E-state index in [1.165, 1.54) is 31.8 Å². The molecule has 2 aliphatic heterocycles. The maximum Gasteiger partial charge on any atom is 0.327 e. The van der Waals surface area contributed by atoms with Crippen LogP contribution in [0.25, 0.3) is 0 Å². The smallest absolute Gasteiger partial charge is 0.327 e. The van der Waals surface area contributed by atoms with Gasteiger partial charge in [0, 0.05) is 12.0 Å². The third kappa shape index (κ3) is 5.79. The molecule has 0 aromatic rings. The van der Waals surface area contributed by atoms with Crippen LogP contribution in [0.15, 0.2) is 36.5 Å². The summed E-state index contributed by atoms with van der Waals surface area (Å²) in [6, 6.07) is 0. The molecule has 150 valence electrons. The Morgan fingerprint density at radius 3 is 2.48 bits per heavy atom. The maximum atomic E-state index is 10.6. The van der Waals surface area contributed by atoms with Crippen LogP contribution >= 0.6 is 0 Å². The van der Waals surface area contributed by atoms with Gasteiger partial charge in [-0.15, -0.1) is 0 Å². The first-order valence-electron chi connectivity index (χ1n) is 10.7. The first-order valence-corrected chi connectivity index (χ1v) is 10.7. The van der Waals surface area contributed by atoms with Gasteiger partial charge in [0.15, 0.2) is 0 Å². The van der Waals surface area contributed by atoms with Crippen LogP contribution in [0.4, 0.5) is 0 Å². The molecule has 1 unspecified atom stereocenters. The second-order valence-electron chi connectivity index (χ2n) is 8.34. The van der Waals surface area contributed by atoms with Crippen molar-refractivity contribution in [2.24, 2.45) is 17.8 Å². The van der Waals surface area contributed by atoms with Crippen molar-refractivity contribution in [3.63, 3.8) is 0 Å². The molecular formula is C23H34O4. The molecule has 2 N–H and O–H groups in total. The quantitative estimate of drug-likeness (QED) is 0.369. The lowest BCUT2D eigenvalue weighted by molar-refractivity contribution is -0.131. The van der Waals surface area contributed by atoms with E-state index in [1.807, 2.05) is 6.08 Å². The molecule has 2 saturated heterocycles. The van der Waals surface area contributed by atoms with E-state index in [9.17, 15) is 9.90 Å². The van der Waals surface area contributed by atoms with Crippen LogP contribution in [0.5, 0.6) is 0 Å². The predicted octanol–water partition coefficient (Wildman–Crippen LogP) is 4.64. The van der Waals surface area contributed by atoms with Crippen LogP contribution in [-0.4, -0.2) is 34.5 Å². The van der Waals surface area contributed by atoms with Crippen LogP contribution in [0.2, 0.25) is 0 Å². The fourth-order valence-corrected chi connectivity index (χ4v) is 5.04. The Hall–Kier alpha value is -1.39. The molecule has 2 bridgehead atoms. The number of ether oxygens (including phenoxy) is 1. The molecular weight excluding hydrogens is 340 g/mol. The summed E-state index contributed by atoms with van der Waals surface area (Å²) in [4.78, 5) is 10.5. The van der Waals surface area contributed by atoms with E-state index in [0.717, 1.165) is 32.1 Å². The summed E-state index contributed by atoms with van der Waals surface area (Å²) >= 11 is 0. The number of hydrogen-bond donors (Lipinski definition) is 2. The summed E-state index contributed by atoms with van der Waals surface area (Å²) in [6.07, 6.45) is 22.9. The second kappa shape index (κ2) is 10.2. The summed E-state index contributed by atoms with van der Waals surface area (Å²) in [5.41, 5.74) is 0.